The Hall–Kier alpha value is -3.54. The minimum Gasteiger partial charge on any atom is -0.379 e. The Balaban J connectivity index is 1.42. The zero-order valence-corrected chi connectivity index (χ0v) is 18.7. The van der Waals surface area contributed by atoms with Gasteiger partial charge in [-0.1, -0.05) is 18.2 Å². The highest BCUT2D eigenvalue weighted by molar-refractivity contribution is 7.89. The van der Waals surface area contributed by atoms with Crippen LogP contribution in [-0.2, 0) is 14.8 Å². The first-order valence-electron chi connectivity index (χ1n) is 10.5. The van der Waals surface area contributed by atoms with Gasteiger partial charge in [0.2, 0.25) is 15.8 Å². The standard InChI is InChI=1S/C22H22N6O4S/c1-15-13-20(28(26-15)22-23-18-7-2-3-8-19(18)24-22)25-21(29)16-5-4-6-17(14-16)33(30,31)27-9-11-32-12-10-27/h2-8,13-14H,9-12H2,1H3,(H2,23,24,25,26,29)/p+1. The minimum atomic E-state index is -3.71. The molecule has 2 aromatic carbocycles. The molecule has 0 bridgehead atoms. The fourth-order valence-corrected chi connectivity index (χ4v) is 5.22. The number of aromatic nitrogens is 4. The van der Waals surface area contributed by atoms with Crippen molar-refractivity contribution in [2.24, 2.45) is 0 Å². The van der Waals surface area contributed by atoms with Gasteiger partial charge in [-0.2, -0.15) is 4.31 Å². The monoisotopic (exact) mass is 467 g/mol. The number of nitrogens with zero attached hydrogens (tertiary/aromatic N) is 3. The van der Waals surface area contributed by atoms with Crippen molar-refractivity contribution in [1.82, 2.24) is 19.4 Å². The molecule has 2 aromatic heterocycles. The van der Waals surface area contributed by atoms with Gasteiger partial charge in [-0.15, -0.1) is 9.67 Å². The molecule has 3 N–H and O–H groups in total. The van der Waals surface area contributed by atoms with E-state index in [1.54, 1.807) is 22.9 Å². The second-order valence-corrected chi connectivity index (χ2v) is 9.67. The number of anilines is 1. The molecule has 1 amide bonds. The number of carbonyl (C=O) groups is 1. The van der Waals surface area contributed by atoms with Crippen LogP contribution in [0.2, 0.25) is 0 Å². The summed E-state index contributed by atoms with van der Waals surface area (Å²) >= 11 is 0. The molecule has 0 saturated carbocycles. The number of hydrogen-bond donors (Lipinski definition) is 3. The number of nitrogens with one attached hydrogen (secondary N) is 3. The fourth-order valence-electron chi connectivity index (χ4n) is 3.77. The molecule has 1 aliphatic rings. The Morgan fingerprint density at radius 1 is 1.12 bits per heavy atom. The van der Waals surface area contributed by atoms with Gasteiger partial charge in [0.25, 0.3) is 5.91 Å². The molecule has 1 aliphatic heterocycles. The number of hydrogen-bond acceptors (Lipinski definition) is 5. The van der Waals surface area contributed by atoms with Gasteiger partial charge in [0.15, 0.2) is 5.52 Å². The second-order valence-electron chi connectivity index (χ2n) is 7.74. The lowest BCUT2D eigenvalue weighted by atomic mass is 10.2. The molecule has 1 fully saturated rings. The van der Waals surface area contributed by atoms with E-state index in [1.165, 1.54) is 16.4 Å². The van der Waals surface area contributed by atoms with Gasteiger partial charge in [-0.25, -0.2) is 8.42 Å². The van der Waals surface area contributed by atoms with Gasteiger partial charge < -0.3 is 4.74 Å². The molecule has 170 valence electrons. The van der Waals surface area contributed by atoms with E-state index < -0.39 is 15.9 Å². The van der Waals surface area contributed by atoms with Crippen molar-refractivity contribution in [3.63, 3.8) is 0 Å². The van der Waals surface area contributed by atoms with Gasteiger partial charge in [-0.3, -0.25) is 20.2 Å². The number of sulfonamides is 1. The number of rotatable bonds is 5. The van der Waals surface area contributed by atoms with Gasteiger partial charge in [0.05, 0.1) is 23.7 Å². The highest BCUT2D eigenvalue weighted by atomic mass is 32.2. The molecule has 0 radical (unpaired) electrons. The quantitative estimate of drug-likeness (QED) is 0.386. The molecule has 10 nitrogen and oxygen atoms in total. The third-order valence-corrected chi connectivity index (χ3v) is 7.31. The van der Waals surface area contributed by atoms with E-state index in [0.29, 0.717) is 38.1 Å². The van der Waals surface area contributed by atoms with Crippen LogP contribution in [0, 0.1) is 6.92 Å². The maximum atomic E-state index is 13.0. The fraction of sp³-hybridized carbons (Fsp3) is 0.227. The van der Waals surface area contributed by atoms with Crippen LogP contribution in [0.25, 0.3) is 17.0 Å². The number of carbonyl (C=O) groups excluding carboxylic acids is 1. The highest BCUT2D eigenvalue weighted by Crippen LogP contribution is 2.19. The summed E-state index contributed by atoms with van der Waals surface area (Å²) in [7, 11) is -3.71. The molecular weight excluding hydrogens is 444 g/mol. The maximum absolute atomic E-state index is 13.0. The summed E-state index contributed by atoms with van der Waals surface area (Å²) in [6.07, 6.45) is 0. The highest BCUT2D eigenvalue weighted by Gasteiger charge is 2.27. The average molecular weight is 468 g/mol. The Labute approximate surface area is 190 Å². The van der Waals surface area contributed by atoms with Crippen LogP contribution in [0.15, 0.2) is 59.5 Å². The number of amides is 1. The third-order valence-electron chi connectivity index (χ3n) is 5.42. The summed E-state index contributed by atoms with van der Waals surface area (Å²) < 4.78 is 34.2. The van der Waals surface area contributed by atoms with E-state index in [4.69, 9.17) is 4.74 Å². The smallest absolute Gasteiger partial charge is 0.374 e. The Kier molecular flexibility index (Phi) is 5.44. The van der Waals surface area contributed by atoms with Gasteiger partial charge >= 0.3 is 5.95 Å². The predicted octanol–water partition coefficient (Wildman–Crippen LogP) is 1.75. The van der Waals surface area contributed by atoms with E-state index in [0.717, 1.165) is 16.7 Å². The average Bonchev–Trinajstić information content (AvgIpc) is 3.42. The van der Waals surface area contributed by atoms with Crippen molar-refractivity contribution in [2.45, 2.75) is 11.8 Å². The molecule has 0 spiro atoms. The number of H-pyrrole nitrogens is 2. The number of ether oxygens (including phenoxy) is 1. The molecule has 4 aromatic rings. The van der Waals surface area contributed by atoms with Crippen molar-refractivity contribution in [2.75, 3.05) is 31.6 Å². The van der Waals surface area contributed by atoms with Crippen LogP contribution in [0.5, 0.6) is 0 Å². The van der Waals surface area contributed by atoms with Crippen molar-refractivity contribution in [3.8, 4) is 5.95 Å². The van der Waals surface area contributed by atoms with E-state index >= 15 is 0 Å². The SMILES string of the molecule is Cc1cc(NC(=O)c2cccc(S(=O)(=O)N3CCOCC3)c2)[n+](-c2nc3ccccc3[nH]2)[nH]1. The normalized spacial score (nSPS) is 15.1. The lowest BCUT2D eigenvalue weighted by Crippen LogP contribution is -2.40. The third kappa shape index (κ3) is 4.13. The summed E-state index contributed by atoms with van der Waals surface area (Å²) in [4.78, 5) is 20.9. The first-order chi connectivity index (χ1) is 15.9. The zero-order valence-electron chi connectivity index (χ0n) is 17.9. The molecule has 1 saturated heterocycles. The maximum Gasteiger partial charge on any atom is 0.374 e. The molecular formula is C22H23N6O4S+. The van der Waals surface area contributed by atoms with Gasteiger partial charge in [-0.05, 0) is 37.3 Å². The van der Waals surface area contributed by atoms with Crippen LogP contribution in [0.1, 0.15) is 16.1 Å². The molecule has 33 heavy (non-hydrogen) atoms. The number of aromatic amines is 2. The van der Waals surface area contributed by atoms with Crippen LogP contribution in [0.4, 0.5) is 5.82 Å². The first-order valence-corrected chi connectivity index (χ1v) is 11.9. The summed E-state index contributed by atoms with van der Waals surface area (Å²) in [6.45, 7) is 3.16. The molecule has 0 unspecified atom stereocenters. The summed E-state index contributed by atoms with van der Waals surface area (Å²) in [5, 5.41) is 6.00. The zero-order chi connectivity index (χ0) is 23.0. The van der Waals surface area contributed by atoms with Crippen molar-refractivity contribution >= 4 is 32.8 Å². The van der Waals surface area contributed by atoms with Crippen molar-refractivity contribution in [3.05, 3.63) is 65.9 Å². The van der Waals surface area contributed by atoms with Crippen LogP contribution in [-0.4, -0.2) is 60.0 Å². The van der Waals surface area contributed by atoms with E-state index in [1.807, 2.05) is 31.2 Å². The van der Waals surface area contributed by atoms with Crippen molar-refractivity contribution < 1.29 is 22.6 Å². The first kappa shape index (κ1) is 21.3. The number of imidazole rings is 1. The Morgan fingerprint density at radius 2 is 1.91 bits per heavy atom. The topological polar surface area (TPSA) is 124 Å². The summed E-state index contributed by atoms with van der Waals surface area (Å²) in [5.41, 5.74) is 2.71. The van der Waals surface area contributed by atoms with Crippen molar-refractivity contribution in [1.29, 1.82) is 0 Å². The van der Waals surface area contributed by atoms with Gasteiger partial charge in [0, 0.05) is 24.8 Å². The minimum absolute atomic E-state index is 0.0764. The van der Waals surface area contributed by atoms with Crippen LogP contribution in [0.3, 0.4) is 0 Å². The Bertz CT molecular complexity index is 1400. The summed E-state index contributed by atoms with van der Waals surface area (Å²) in [6, 6.07) is 15.4. The van der Waals surface area contributed by atoms with E-state index in [9.17, 15) is 13.2 Å². The molecule has 3 heterocycles. The number of para-hydroxylation sites is 2. The molecule has 11 heteroatoms. The number of benzene rings is 2. The molecule has 5 rings (SSSR count). The molecule has 0 atom stereocenters. The summed E-state index contributed by atoms with van der Waals surface area (Å²) in [5.74, 6) is 0.555. The van der Waals surface area contributed by atoms with Crippen LogP contribution >= 0.6 is 0 Å². The lowest BCUT2D eigenvalue weighted by Gasteiger charge is -2.26. The Morgan fingerprint density at radius 3 is 2.70 bits per heavy atom. The van der Waals surface area contributed by atoms with E-state index in [-0.39, 0.29) is 10.5 Å². The number of morpholine rings is 1. The lowest BCUT2D eigenvalue weighted by molar-refractivity contribution is -0.648. The largest absolute Gasteiger partial charge is 0.379 e. The number of aryl methyl sites for hydroxylation is 1. The van der Waals surface area contributed by atoms with E-state index in [2.05, 4.69) is 20.4 Å². The second kappa shape index (κ2) is 8.43. The predicted molar refractivity (Wildman–Crippen MR) is 121 cm³/mol. The number of fused-ring (bicyclic) bond motifs is 1. The molecule has 0 aliphatic carbocycles. The van der Waals surface area contributed by atoms with Crippen LogP contribution < -0.4 is 10.00 Å². The van der Waals surface area contributed by atoms with Gasteiger partial charge in [0.1, 0.15) is 5.52 Å².